The summed E-state index contributed by atoms with van der Waals surface area (Å²) >= 11 is 0. The lowest BCUT2D eigenvalue weighted by atomic mass is 10.2. The van der Waals surface area contributed by atoms with Crippen molar-refractivity contribution < 1.29 is 23.8 Å². The van der Waals surface area contributed by atoms with Crippen molar-refractivity contribution in [2.24, 2.45) is 0 Å². The van der Waals surface area contributed by atoms with Crippen molar-refractivity contribution in [3.8, 4) is 11.5 Å². The fourth-order valence-electron chi connectivity index (χ4n) is 2.55. The van der Waals surface area contributed by atoms with Gasteiger partial charge < -0.3 is 24.8 Å². The van der Waals surface area contributed by atoms with E-state index in [9.17, 15) is 9.59 Å². The van der Waals surface area contributed by atoms with E-state index in [-0.39, 0.29) is 12.7 Å². The van der Waals surface area contributed by atoms with E-state index in [0.717, 1.165) is 17.1 Å². The second-order valence-electron chi connectivity index (χ2n) is 5.73. The SMILES string of the molecule is COC(=O)c1cccc(NC(=O)CCNCc2ccc3c(c2)OCO3)c1. The number of hydrogen-bond acceptors (Lipinski definition) is 6. The van der Waals surface area contributed by atoms with Crippen LogP contribution in [0.5, 0.6) is 11.5 Å². The third-order valence-corrected chi connectivity index (χ3v) is 3.86. The Hall–Kier alpha value is -3.06. The Morgan fingerprint density at radius 1 is 1.12 bits per heavy atom. The van der Waals surface area contributed by atoms with Gasteiger partial charge >= 0.3 is 5.97 Å². The number of rotatable bonds is 7. The minimum Gasteiger partial charge on any atom is -0.465 e. The molecule has 1 amide bonds. The molecule has 2 aromatic carbocycles. The van der Waals surface area contributed by atoms with Crippen LogP contribution in [0.4, 0.5) is 5.69 Å². The standard InChI is InChI=1S/C19H20N2O5/c1-24-19(23)14-3-2-4-15(10-14)21-18(22)7-8-20-11-13-5-6-16-17(9-13)26-12-25-16/h2-6,9-10,20H,7-8,11-12H2,1H3,(H,21,22). The molecule has 0 unspecified atom stereocenters. The summed E-state index contributed by atoms with van der Waals surface area (Å²) in [5, 5.41) is 5.99. The summed E-state index contributed by atoms with van der Waals surface area (Å²) < 4.78 is 15.3. The summed E-state index contributed by atoms with van der Waals surface area (Å²) in [6.07, 6.45) is 0.313. The molecule has 3 rings (SSSR count). The van der Waals surface area contributed by atoms with Gasteiger partial charge in [0.15, 0.2) is 11.5 Å². The number of hydrogen-bond donors (Lipinski definition) is 2. The normalized spacial score (nSPS) is 11.9. The van der Waals surface area contributed by atoms with E-state index < -0.39 is 5.97 Å². The number of benzene rings is 2. The second-order valence-corrected chi connectivity index (χ2v) is 5.73. The monoisotopic (exact) mass is 356 g/mol. The summed E-state index contributed by atoms with van der Waals surface area (Å²) in [6, 6.07) is 12.4. The third-order valence-electron chi connectivity index (χ3n) is 3.86. The summed E-state index contributed by atoms with van der Waals surface area (Å²) in [5.41, 5.74) is 2.01. The summed E-state index contributed by atoms with van der Waals surface area (Å²) in [6.45, 7) is 1.41. The Labute approximate surface area is 151 Å². The van der Waals surface area contributed by atoms with Crippen LogP contribution in [0.1, 0.15) is 22.3 Å². The zero-order valence-corrected chi connectivity index (χ0v) is 14.4. The molecule has 26 heavy (non-hydrogen) atoms. The molecule has 0 radical (unpaired) electrons. The molecule has 0 aromatic heterocycles. The minimum atomic E-state index is -0.438. The summed E-state index contributed by atoms with van der Waals surface area (Å²) in [4.78, 5) is 23.5. The van der Waals surface area contributed by atoms with Crippen LogP contribution >= 0.6 is 0 Å². The topological polar surface area (TPSA) is 85.9 Å². The van der Waals surface area contributed by atoms with Gasteiger partial charge in [0, 0.05) is 25.2 Å². The molecule has 0 aliphatic carbocycles. The average Bonchev–Trinajstić information content (AvgIpc) is 3.12. The van der Waals surface area contributed by atoms with E-state index in [1.54, 1.807) is 24.3 Å². The van der Waals surface area contributed by atoms with Crippen molar-refractivity contribution >= 4 is 17.6 Å². The third kappa shape index (κ3) is 4.52. The van der Waals surface area contributed by atoms with Crippen LogP contribution < -0.4 is 20.1 Å². The molecule has 0 saturated carbocycles. The highest BCUT2D eigenvalue weighted by atomic mass is 16.7. The van der Waals surface area contributed by atoms with Gasteiger partial charge in [-0.1, -0.05) is 12.1 Å². The lowest BCUT2D eigenvalue weighted by Gasteiger charge is -2.08. The quantitative estimate of drug-likeness (QED) is 0.585. The first kappa shape index (κ1) is 17.8. The largest absolute Gasteiger partial charge is 0.465 e. The van der Waals surface area contributed by atoms with Crippen LogP contribution in [0.25, 0.3) is 0 Å². The number of methoxy groups -OCH3 is 1. The number of esters is 1. The molecular weight excluding hydrogens is 336 g/mol. The number of nitrogens with one attached hydrogen (secondary N) is 2. The zero-order valence-electron chi connectivity index (χ0n) is 14.4. The van der Waals surface area contributed by atoms with Gasteiger partial charge in [0.25, 0.3) is 0 Å². The minimum absolute atomic E-state index is 0.134. The highest BCUT2D eigenvalue weighted by Gasteiger charge is 2.13. The van der Waals surface area contributed by atoms with Crippen LogP contribution in [-0.4, -0.2) is 32.3 Å². The van der Waals surface area contributed by atoms with Gasteiger partial charge in [0.1, 0.15) is 0 Å². The number of ether oxygens (including phenoxy) is 3. The van der Waals surface area contributed by atoms with Gasteiger partial charge in [-0.3, -0.25) is 4.79 Å². The first-order valence-electron chi connectivity index (χ1n) is 8.23. The maximum absolute atomic E-state index is 12.0. The van der Waals surface area contributed by atoms with Crippen LogP contribution in [0.15, 0.2) is 42.5 Å². The molecule has 0 spiro atoms. The molecule has 1 aliphatic rings. The van der Waals surface area contributed by atoms with E-state index in [1.807, 2.05) is 18.2 Å². The molecule has 0 bridgehead atoms. The Kier molecular flexibility index (Phi) is 5.70. The van der Waals surface area contributed by atoms with Crippen molar-refractivity contribution in [2.75, 3.05) is 25.8 Å². The number of carbonyl (C=O) groups is 2. The molecule has 1 aliphatic heterocycles. The predicted molar refractivity (Wildman–Crippen MR) is 95.3 cm³/mol. The zero-order chi connectivity index (χ0) is 18.4. The van der Waals surface area contributed by atoms with Crippen molar-refractivity contribution in [1.82, 2.24) is 5.32 Å². The number of fused-ring (bicyclic) bond motifs is 1. The predicted octanol–water partition coefficient (Wildman–Crippen LogP) is 2.32. The highest BCUT2D eigenvalue weighted by molar-refractivity contribution is 5.94. The maximum Gasteiger partial charge on any atom is 0.337 e. The Bertz CT molecular complexity index is 806. The molecule has 7 nitrogen and oxygen atoms in total. The van der Waals surface area contributed by atoms with E-state index in [4.69, 9.17) is 9.47 Å². The number of amides is 1. The van der Waals surface area contributed by atoms with Gasteiger partial charge in [-0.25, -0.2) is 4.79 Å². The van der Waals surface area contributed by atoms with Crippen molar-refractivity contribution in [3.05, 3.63) is 53.6 Å². The molecule has 7 heteroatoms. The number of carbonyl (C=O) groups excluding carboxylic acids is 2. The Morgan fingerprint density at radius 2 is 1.96 bits per heavy atom. The van der Waals surface area contributed by atoms with Gasteiger partial charge in [-0.15, -0.1) is 0 Å². The second kappa shape index (κ2) is 8.35. The molecule has 0 saturated heterocycles. The first-order valence-corrected chi connectivity index (χ1v) is 8.23. The van der Waals surface area contributed by atoms with Gasteiger partial charge in [-0.05, 0) is 35.9 Å². The van der Waals surface area contributed by atoms with E-state index in [0.29, 0.717) is 30.8 Å². The fourth-order valence-corrected chi connectivity index (χ4v) is 2.55. The molecule has 2 N–H and O–H groups in total. The van der Waals surface area contributed by atoms with Crippen molar-refractivity contribution in [3.63, 3.8) is 0 Å². The van der Waals surface area contributed by atoms with Crippen molar-refractivity contribution in [1.29, 1.82) is 0 Å². The Balaban J connectivity index is 1.42. The Morgan fingerprint density at radius 3 is 2.81 bits per heavy atom. The lowest BCUT2D eigenvalue weighted by Crippen LogP contribution is -2.21. The van der Waals surface area contributed by atoms with E-state index in [1.165, 1.54) is 7.11 Å². The lowest BCUT2D eigenvalue weighted by molar-refractivity contribution is -0.116. The van der Waals surface area contributed by atoms with Crippen LogP contribution in [0, 0.1) is 0 Å². The average molecular weight is 356 g/mol. The summed E-state index contributed by atoms with van der Waals surface area (Å²) in [7, 11) is 1.32. The van der Waals surface area contributed by atoms with E-state index in [2.05, 4.69) is 15.4 Å². The molecule has 1 heterocycles. The van der Waals surface area contributed by atoms with E-state index >= 15 is 0 Å². The molecule has 136 valence electrons. The van der Waals surface area contributed by atoms with Crippen LogP contribution in [0.2, 0.25) is 0 Å². The van der Waals surface area contributed by atoms with Crippen LogP contribution in [0.3, 0.4) is 0 Å². The maximum atomic E-state index is 12.0. The van der Waals surface area contributed by atoms with Crippen molar-refractivity contribution in [2.45, 2.75) is 13.0 Å². The summed E-state index contributed by atoms with van der Waals surface area (Å²) in [5.74, 6) is 0.923. The molecule has 0 atom stereocenters. The molecule has 0 fully saturated rings. The smallest absolute Gasteiger partial charge is 0.337 e. The van der Waals surface area contributed by atoms with Crippen LogP contribution in [-0.2, 0) is 16.1 Å². The molecule has 2 aromatic rings. The van der Waals surface area contributed by atoms with Gasteiger partial charge in [-0.2, -0.15) is 0 Å². The van der Waals surface area contributed by atoms with Gasteiger partial charge in [0.05, 0.1) is 12.7 Å². The highest BCUT2D eigenvalue weighted by Crippen LogP contribution is 2.32. The fraction of sp³-hybridized carbons (Fsp3) is 0.263. The van der Waals surface area contributed by atoms with Gasteiger partial charge in [0.2, 0.25) is 12.7 Å². The molecular formula is C19H20N2O5. The number of anilines is 1. The first-order chi connectivity index (χ1) is 12.7.